The Kier molecular flexibility index (Phi) is 5.12. The van der Waals surface area contributed by atoms with E-state index in [1.54, 1.807) is 7.05 Å². The van der Waals surface area contributed by atoms with Crippen molar-refractivity contribution in [1.82, 2.24) is 19.5 Å². The summed E-state index contributed by atoms with van der Waals surface area (Å²) in [6.07, 6.45) is -1.04. The van der Waals surface area contributed by atoms with Gasteiger partial charge < -0.3 is 4.57 Å². The number of imidazole rings is 1. The zero-order valence-electron chi connectivity index (χ0n) is 16.8. The molecule has 1 saturated heterocycles. The van der Waals surface area contributed by atoms with Crippen LogP contribution in [0.2, 0.25) is 0 Å². The lowest BCUT2D eigenvalue weighted by atomic mass is 10.3. The van der Waals surface area contributed by atoms with Crippen molar-refractivity contribution in [2.24, 2.45) is 11.4 Å². The van der Waals surface area contributed by atoms with E-state index in [2.05, 4.69) is 25.2 Å². The van der Waals surface area contributed by atoms with Crippen molar-refractivity contribution in [1.29, 1.82) is 0 Å². The Morgan fingerprint density at radius 3 is 2.52 bits per heavy atom. The van der Waals surface area contributed by atoms with Crippen molar-refractivity contribution in [3.63, 3.8) is 0 Å². The number of pyridine rings is 2. The third kappa shape index (κ3) is 3.93. The highest BCUT2D eigenvalue weighted by atomic mass is 32.2. The molecule has 0 spiro atoms. The first-order valence-corrected chi connectivity index (χ1v) is 13.2. The van der Waals surface area contributed by atoms with E-state index in [1.807, 2.05) is 0 Å². The molecule has 3 aromatic heterocycles. The summed E-state index contributed by atoms with van der Waals surface area (Å²) in [4.78, 5) is 12.0. The minimum Gasteiger partial charge on any atom is -0.324 e. The zero-order chi connectivity index (χ0) is 22.6. The molecule has 7 nitrogen and oxygen atoms in total. The van der Waals surface area contributed by atoms with Gasteiger partial charge in [-0.3, -0.25) is 0 Å². The molecule has 12 heteroatoms. The quantitative estimate of drug-likeness (QED) is 0.542. The van der Waals surface area contributed by atoms with E-state index in [0.717, 1.165) is 30.2 Å². The van der Waals surface area contributed by atoms with Crippen LogP contribution in [0.5, 0.6) is 0 Å². The topological polar surface area (TPSA) is 90.1 Å². The zero-order valence-corrected chi connectivity index (χ0v) is 18.5. The van der Waals surface area contributed by atoms with Gasteiger partial charge in [0.25, 0.3) is 0 Å². The molecule has 0 radical (unpaired) electrons. The lowest BCUT2D eigenvalue weighted by Crippen LogP contribution is -2.22. The van der Waals surface area contributed by atoms with Crippen LogP contribution in [0.3, 0.4) is 0 Å². The van der Waals surface area contributed by atoms with E-state index in [-0.39, 0.29) is 27.7 Å². The van der Waals surface area contributed by atoms with Gasteiger partial charge in [-0.05, 0) is 30.1 Å². The molecule has 1 aliphatic heterocycles. The molecule has 31 heavy (non-hydrogen) atoms. The second kappa shape index (κ2) is 7.30. The maximum absolute atomic E-state index is 13.0. The average molecular weight is 472 g/mol. The second-order valence-corrected chi connectivity index (χ2v) is 12.6. The number of aromatic nitrogens is 4. The molecule has 1 aliphatic rings. The van der Waals surface area contributed by atoms with E-state index in [1.165, 1.54) is 23.8 Å². The van der Waals surface area contributed by atoms with Crippen LogP contribution >= 0.6 is 0 Å². The van der Waals surface area contributed by atoms with Crippen LogP contribution in [0.4, 0.5) is 18.9 Å². The Labute approximate surface area is 177 Å². The molecule has 0 N–H and O–H groups in total. The standard InChI is InChI=1S/C19H20F3N5O2S2/c1-4-31(28,29)15-8-12(26-30(3)6-5-7-30)10-24-17(15)18-25-13-9-16(19(20,21)22)23-11-14(13)27(18)2/h8-11H,3-7H2,1-2H3. The highest BCUT2D eigenvalue weighted by Crippen LogP contribution is 2.34. The van der Waals surface area contributed by atoms with Gasteiger partial charge in [0.1, 0.15) is 11.4 Å². The Hall–Kier alpha value is -2.47. The number of fused-ring (bicyclic) bond motifs is 1. The van der Waals surface area contributed by atoms with Crippen molar-refractivity contribution in [2.75, 3.05) is 17.3 Å². The van der Waals surface area contributed by atoms with Gasteiger partial charge in [-0.15, -0.1) is 9.41 Å². The lowest BCUT2D eigenvalue weighted by molar-refractivity contribution is -0.141. The smallest absolute Gasteiger partial charge is 0.324 e. The predicted molar refractivity (Wildman–Crippen MR) is 115 cm³/mol. The number of hydrogen-bond acceptors (Lipinski definition) is 6. The van der Waals surface area contributed by atoms with Crippen LogP contribution in [0.1, 0.15) is 19.0 Å². The van der Waals surface area contributed by atoms with E-state index < -0.39 is 31.1 Å². The van der Waals surface area contributed by atoms with Crippen molar-refractivity contribution < 1.29 is 21.6 Å². The minimum absolute atomic E-state index is 0.0471. The molecule has 166 valence electrons. The summed E-state index contributed by atoms with van der Waals surface area (Å²) >= 11 is 0. The van der Waals surface area contributed by atoms with E-state index in [0.29, 0.717) is 11.2 Å². The fraction of sp³-hybridized carbons (Fsp3) is 0.368. The van der Waals surface area contributed by atoms with Gasteiger partial charge in [0.05, 0.1) is 39.8 Å². The van der Waals surface area contributed by atoms with Gasteiger partial charge in [0, 0.05) is 7.05 Å². The molecule has 0 aliphatic carbocycles. The Morgan fingerprint density at radius 1 is 1.23 bits per heavy atom. The van der Waals surface area contributed by atoms with Gasteiger partial charge in [0.15, 0.2) is 15.7 Å². The average Bonchev–Trinajstić information content (AvgIpc) is 3.02. The summed E-state index contributed by atoms with van der Waals surface area (Å²) in [6.45, 7) is 1.51. The molecule has 0 unspecified atom stereocenters. The Balaban J connectivity index is 1.93. The molecule has 4 heterocycles. The summed E-state index contributed by atoms with van der Waals surface area (Å²) < 4.78 is 70.8. The van der Waals surface area contributed by atoms with Crippen LogP contribution in [-0.4, -0.2) is 51.1 Å². The number of aryl methyl sites for hydroxylation is 1. The van der Waals surface area contributed by atoms with Crippen molar-refractivity contribution in [3.8, 4) is 11.5 Å². The van der Waals surface area contributed by atoms with Crippen LogP contribution in [0, 0.1) is 0 Å². The first-order valence-electron chi connectivity index (χ1n) is 9.41. The predicted octanol–water partition coefficient (Wildman–Crippen LogP) is 3.65. The lowest BCUT2D eigenvalue weighted by Gasteiger charge is -2.24. The van der Waals surface area contributed by atoms with Gasteiger partial charge in [-0.25, -0.2) is 27.7 Å². The minimum atomic E-state index is -4.61. The molecule has 4 rings (SSSR count). The number of sulfone groups is 1. The van der Waals surface area contributed by atoms with Crippen molar-refractivity contribution >= 4 is 41.8 Å². The maximum Gasteiger partial charge on any atom is 0.433 e. The number of hydrogen-bond donors (Lipinski definition) is 0. The van der Waals surface area contributed by atoms with Crippen molar-refractivity contribution in [2.45, 2.75) is 24.4 Å². The SMILES string of the molecule is C=S1(=Nc2cnc(-c3nc4cc(C(F)(F)F)ncc4n3C)c(S(=O)(=O)CC)c2)CCC1. The fourth-order valence-corrected chi connectivity index (χ4v) is 6.03. The van der Waals surface area contributed by atoms with Crippen LogP contribution in [-0.2, 0) is 32.5 Å². The normalized spacial score (nSPS) is 16.3. The molecule has 0 bridgehead atoms. The summed E-state index contributed by atoms with van der Waals surface area (Å²) in [6, 6.07) is 2.29. The summed E-state index contributed by atoms with van der Waals surface area (Å²) in [7, 11) is -3.52. The van der Waals surface area contributed by atoms with E-state index in [9.17, 15) is 21.6 Å². The molecule has 0 atom stereocenters. The van der Waals surface area contributed by atoms with E-state index >= 15 is 0 Å². The summed E-state index contributed by atoms with van der Waals surface area (Å²) in [5, 5.41) is 0. The highest BCUT2D eigenvalue weighted by Gasteiger charge is 2.33. The van der Waals surface area contributed by atoms with Gasteiger partial charge in [-0.1, -0.05) is 12.8 Å². The maximum atomic E-state index is 13.0. The number of alkyl halides is 3. The van der Waals surface area contributed by atoms with Crippen molar-refractivity contribution in [3.05, 3.63) is 30.2 Å². The monoisotopic (exact) mass is 471 g/mol. The second-order valence-electron chi connectivity index (χ2n) is 7.35. The molecule has 1 fully saturated rings. The first kappa shape index (κ1) is 21.8. The molecular formula is C19H20F3N5O2S2. The third-order valence-electron chi connectivity index (χ3n) is 5.17. The largest absolute Gasteiger partial charge is 0.433 e. The summed E-state index contributed by atoms with van der Waals surface area (Å²) in [5.74, 6) is 5.91. The number of rotatable bonds is 4. The van der Waals surface area contributed by atoms with Crippen LogP contribution in [0.25, 0.3) is 22.6 Å². The molecular weight excluding hydrogens is 451 g/mol. The molecule has 0 amide bonds. The number of halogens is 3. The Bertz CT molecular complexity index is 1410. The number of nitrogens with zero attached hydrogens (tertiary/aromatic N) is 5. The van der Waals surface area contributed by atoms with E-state index in [4.69, 9.17) is 0 Å². The molecule has 0 saturated carbocycles. The third-order valence-corrected chi connectivity index (χ3v) is 9.61. The van der Waals surface area contributed by atoms with Crippen LogP contribution in [0.15, 0.2) is 33.8 Å². The molecule has 3 aromatic rings. The molecule has 0 aromatic carbocycles. The Morgan fingerprint density at radius 2 is 1.94 bits per heavy atom. The first-order chi connectivity index (χ1) is 14.4. The van der Waals surface area contributed by atoms with Gasteiger partial charge in [-0.2, -0.15) is 13.2 Å². The van der Waals surface area contributed by atoms with Crippen LogP contribution < -0.4 is 0 Å². The van der Waals surface area contributed by atoms with Gasteiger partial charge >= 0.3 is 6.18 Å². The highest BCUT2D eigenvalue weighted by molar-refractivity contribution is 8.03. The summed E-state index contributed by atoms with van der Waals surface area (Å²) in [5.41, 5.74) is -0.202. The fourth-order valence-electron chi connectivity index (χ4n) is 3.29. The van der Waals surface area contributed by atoms with Gasteiger partial charge in [0.2, 0.25) is 0 Å².